The number of aromatic amines is 1. The van der Waals surface area contributed by atoms with Gasteiger partial charge in [0.25, 0.3) is 0 Å². The Bertz CT molecular complexity index is 833. The number of aryl methyl sites for hydroxylation is 4. The summed E-state index contributed by atoms with van der Waals surface area (Å²) in [6, 6.07) is 3.39. The summed E-state index contributed by atoms with van der Waals surface area (Å²) in [6.07, 6.45) is 4.26. The van der Waals surface area contributed by atoms with Gasteiger partial charge in [-0.3, -0.25) is 0 Å². The minimum absolute atomic E-state index is 0.167. The third kappa shape index (κ3) is 3.32. The predicted molar refractivity (Wildman–Crippen MR) is 91.7 cm³/mol. The van der Waals surface area contributed by atoms with Gasteiger partial charge in [-0.15, -0.1) is 0 Å². The molecule has 0 unspecified atom stereocenters. The van der Waals surface area contributed by atoms with Crippen molar-refractivity contribution in [3.63, 3.8) is 0 Å². The second-order valence-corrected chi connectivity index (χ2v) is 7.96. The van der Waals surface area contributed by atoms with Crippen LogP contribution in [-0.2, 0) is 29.4 Å². The van der Waals surface area contributed by atoms with E-state index in [0.29, 0.717) is 17.1 Å². The van der Waals surface area contributed by atoms with Crippen LogP contribution < -0.4 is 9.46 Å². The maximum atomic E-state index is 12.6. The molecule has 1 aromatic carbocycles. The summed E-state index contributed by atoms with van der Waals surface area (Å²) in [5.74, 6) is 1.36. The molecule has 0 saturated heterocycles. The Hall–Kier alpha value is -1.86. The van der Waals surface area contributed by atoms with Gasteiger partial charge in [0, 0.05) is 5.69 Å². The molecule has 2 aromatic rings. The Morgan fingerprint density at radius 1 is 1.21 bits per heavy atom. The number of aromatic nitrogens is 2. The van der Waals surface area contributed by atoms with Gasteiger partial charge in [0.1, 0.15) is 11.6 Å². The van der Waals surface area contributed by atoms with Gasteiger partial charge >= 0.3 is 0 Å². The number of nitrogens with zero attached hydrogens (tertiary/aromatic N) is 1. The molecule has 6 nitrogen and oxygen atoms in total. The highest BCUT2D eigenvalue weighted by molar-refractivity contribution is 7.89. The Labute approximate surface area is 142 Å². The SMILES string of the molecule is COc1cc(C)c(S(=O)(=O)NCc2nc3c([nH]2)CCCC3)cc1C. The van der Waals surface area contributed by atoms with Crippen LogP contribution in [0.4, 0.5) is 0 Å². The van der Waals surface area contributed by atoms with Crippen LogP contribution >= 0.6 is 0 Å². The summed E-state index contributed by atoms with van der Waals surface area (Å²) in [6.45, 7) is 3.76. The maximum Gasteiger partial charge on any atom is 0.241 e. The molecule has 1 aromatic heterocycles. The number of ether oxygens (including phenoxy) is 1. The van der Waals surface area contributed by atoms with E-state index >= 15 is 0 Å². The molecule has 1 aliphatic carbocycles. The molecule has 2 N–H and O–H groups in total. The largest absolute Gasteiger partial charge is 0.496 e. The monoisotopic (exact) mass is 349 g/mol. The molecule has 130 valence electrons. The summed E-state index contributed by atoms with van der Waals surface area (Å²) in [5, 5.41) is 0. The van der Waals surface area contributed by atoms with E-state index in [1.807, 2.05) is 6.92 Å². The van der Waals surface area contributed by atoms with Gasteiger partial charge in [0.15, 0.2) is 0 Å². The van der Waals surface area contributed by atoms with Gasteiger partial charge in [0.2, 0.25) is 10.0 Å². The smallest absolute Gasteiger partial charge is 0.241 e. The first kappa shape index (κ1) is 17.0. The highest BCUT2D eigenvalue weighted by Crippen LogP contribution is 2.25. The molecule has 1 heterocycles. The van der Waals surface area contributed by atoms with E-state index < -0.39 is 10.0 Å². The van der Waals surface area contributed by atoms with Crippen molar-refractivity contribution in [1.82, 2.24) is 14.7 Å². The summed E-state index contributed by atoms with van der Waals surface area (Å²) >= 11 is 0. The summed E-state index contributed by atoms with van der Waals surface area (Å²) < 4.78 is 33.1. The van der Waals surface area contributed by atoms with Crippen molar-refractivity contribution in [2.24, 2.45) is 0 Å². The third-order valence-corrected chi connectivity index (χ3v) is 5.96. The van der Waals surface area contributed by atoms with Crippen LogP contribution in [0.5, 0.6) is 5.75 Å². The lowest BCUT2D eigenvalue weighted by Crippen LogP contribution is -2.24. The number of benzene rings is 1. The number of nitrogens with one attached hydrogen (secondary N) is 2. The number of hydrogen-bond acceptors (Lipinski definition) is 4. The van der Waals surface area contributed by atoms with Gasteiger partial charge in [0.05, 0.1) is 24.2 Å². The lowest BCUT2D eigenvalue weighted by molar-refractivity contribution is 0.411. The fourth-order valence-electron chi connectivity index (χ4n) is 3.11. The van der Waals surface area contributed by atoms with Crippen LogP contribution in [-0.4, -0.2) is 25.5 Å². The fourth-order valence-corrected chi connectivity index (χ4v) is 4.41. The normalized spacial score (nSPS) is 14.5. The molecule has 0 fully saturated rings. The van der Waals surface area contributed by atoms with Crippen LogP contribution in [0, 0.1) is 13.8 Å². The molecule has 3 rings (SSSR count). The molecule has 24 heavy (non-hydrogen) atoms. The lowest BCUT2D eigenvalue weighted by Gasteiger charge is -2.12. The molecule has 0 radical (unpaired) electrons. The maximum absolute atomic E-state index is 12.6. The zero-order valence-corrected chi connectivity index (χ0v) is 15.1. The molecule has 0 aliphatic heterocycles. The molecule has 0 saturated carbocycles. The number of rotatable bonds is 5. The fraction of sp³-hybridized carbons (Fsp3) is 0.471. The average Bonchev–Trinajstić information content (AvgIpc) is 2.97. The Kier molecular flexibility index (Phi) is 4.64. The number of hydrogen-bond donors (Lipinski definition) is 2. The first-order chi connectivity index (χ1) is 11.4. The van der Waals surface area contributed by atoms with Crippen LogP contribution in [0.3, 0.4) is 0 Å². The van der Waals surface area contributed by atoms with Gasteiger partial charge in [-0.25, -0.2) is 18.1 Å². The third-order valence-electron chi connectivity index (χ3n) is 4.42. The molecule has 1 aliphatic rings. The molecule has 0 bridgehead atoms. The van der Waals surface area contributed by atoms with Gasteiger partial charge in [-0.05, 0) is 62.8 Å². The van der Waals surface area contributed by atoms with Gasteiger partial charge < -0.3 is 9.72 Å². The van der Waals surface area contributed by atoms with Gasteiger partial charge in [-0.1, -0.05) is 0 Å². The minimum atomic E-state index is -3.60. The highest BCUT2D eigenvalue weighted by atomic mass is 32.2. The van der Waals surface area contributed by atoms with E-state index in [9.17, 15) is 8.42 Å². The zero-order chi connectivity index (χ0) is 17.3. The first-order valence-electron chi connectivity index (χ1n) is 8.12. The Morgan fingerprint density at radius 3 is 2.67 bits per heavy atom. The second-order valence-electron chi connectivity index (χ2n) is 6.23. The Balaban J connectivity index is 1.79. The number of imidazole rings is 1. The van der Waals surface area contributed by atoms with E-state index in [1.54, 1.807) is 26.2 Å². The van der Waals surface area contributed by atoms with Crippen LogP contribution in [0.1, 0.15) is 41.2 Å². The number of H-pyrrole nitrogens is 1. The van der Waals surface area contributed by atoms with Crippen LogP contribution in [0.15, 0.2) is 17.0 Å². The van der Waals surface area contributed by atoms with Crippen molar-refractivity contribution in [2.45, 2.75) is 51.0 Å². The topological polar surface area (TPSA) is 84.1 Å². The standard InChI is InChI=1S/C17H23N3O3S/c1-11-9-16(12(2)8-15(11)23-3)24(21,22)18-10-17-19-13-6-4-5-7-14(13)20-17/h8-9,18H,4-7,10H2,1-3H3,(H,19,20). The minimum Gasteiger partial charge on any atom is -0.496 e. The van der Waals surface area contributed by atoms with Crippen LogP contribution in [0.2, 0.25) is 0 Å². The number of sulfonamides is 1. The summed E-state index contributed by atoms with van der Waals surface area (Å²) in [7, 11) is -2.03. The van der Waals surface area contributed by atoms with E-state index in [1.165, 1.54) is 0 Å². The molecule has 0 atom stereocenters. The van der Waals surface area contributed by atoms with E-state index in [4.69, 9.17) is 4.74 Å². The van der Waals surface area contributed by atoms with Crippen molar-refractivity contribution in [1.29, 1.82) is 0 Å². The summed E-state index contributed by atoms with van der Waals surface area (Å²) in [5.41, 5.74) is 3.67. The lowest BCUT2D eigenvalue weighted by atomic mass is 10.0. The number of methoxy groups -OCH3 is 1. The molecular formula is C17H23N3O3S. The Morgan fingerprint density at radius 2 is 1.96 bits per heavy atom. The van der Waals surface area contributed by atoms with Gasteiger partial charge in [-0.2, -0.15) is 0 Å². The molecule has 0 spiro atoms. The van der Waals surface area contributed by atoms with Crippen LogP contribution in [0.25, 0.3) is 0 Å². The predicted octanol–water partition coefficient (Wildman–Crippen LogP) is 2.39. The number of fused-ring (bicyclic) bond motifs is 1. The van der Waals surface area contributed by atoms with E-state index in [-0.39, 0.29) is 11.4 Å². The average molecular weight is 349 g/mol. The highest BCUT2D eigenvalue weighted by Gasteiger charge is 2.20. The second kappa shape index (κ2) is 6.57. The van der Waals surface area contributed by atoms with Crippen molar-refractivity contribution in [2.75, 3.05) is 7.11 Å². The van der Waals surface area contributed by atoms with E-state index in [0.717, 1.165) is 42.6 Å². The molecule has 0 amide bonds. The zero-order valence-electron chi connectivity index (χ0n) is 14.3. The van der Waals surface area contributed by atoms with Crippen molar-refractivity contribution >= 4 is 10.0 Å². The van der Waals surface area contributed by atoms with Crippen molar-refractivity contribution in [3.8, 4) is 5.75 Å². The molecule has 7 heteroatoms. The molecular weight excluding hydrogens is 326 g/mol. The first-order valence-corrected chi connectivity index (χ1v) is 9.60. The van der Waals surface area contributed by atoms with E-state index in [2.05, 4.69) is 14.7 Å². The van der Waals surface area contributed by atoms with Crippen molar-refractivity contribution in [3.05, 3.63) is 40.5 Å². The van der Waals surface area contributed by atoms with Crippen molar-refractivity contribution < 1.29 is 13.2 Å². The summed E-state index contributed by atoms with van der Waals surface area (Å²) in [4.78, 5) is 8.03. The quantitative estimate of drug-likeness (QED) is 0.868.